The molecule has 1 aliphatic heterocycles. The van der Waals surface area contributed by atoms with E-state index in [2.05, 4.69) is 21.9 Å². The van der Waals surface area contributed by atoms with Gasteiger partial charge in [0.05, 0.1) is 28.1 Å². The van der Waals surface area contributed by atoms with Crippen LogP contribution in [0.15, 0.2) is 30.6 Å². The molecule has 1 amide bonds. The second-order valence-corrected chi connectivity index (χ2v) is 7.60. The van der Waals surface area contributed by atoms with Gasteiger partial charge in [-0.1, -0.05) is 34.8 Å². The SMILES string of the molecule is CN(Cc1cnc(Cl)cn1)C1CCN(C(=O)c2ccc(Cl)c(Cl)c2)CC1. The van der Waals surface area contributed by atoms with Crippen molar-refractivity contribution in [1.82, 2.24) is 19.8 Å². The van der Waals surface area contributed by atoms with Crippen molar-refractivity contribution in [1.29, 1.82) is 0 Å². The van der Waals surface area contributed by atoms with Crippen LogP contribution < -0.4 is 0 Å². The number of hydrogen-bond acceptors (Lipinski definition) is 4. The average molecular weight is 414 g/mol. The molecule has 5 nitrogen and oxygen atoms in total. The molecule has 2 heterocycles. The summed E-state index contributed by atoms with van der Waals surface area (Å²) < 4.78 is 0. The minimum absolute atomic E-state index is 0.00626. The van der Waals surface area contributed by atoms with E-state index in [1.165, 1.54) is 0 Å². The van der Waals surface area contributed by atoms with Crippen LogP contribution in [-0.2, 0) is 6.54 Å². The highest BCUT2D eigenvalue weighted by Gasteiger charge is 2.26. The Morgan fingerprint density at radius 2 is 1.88 bits per heavy atom. The Bertz CT molecular complexity index is 777. The van der Waals surface area contributed by atoms with Crippen LogP contribution in [0.3, 0.4) is 0 Å². The van der Waals surface area contributed by atoms with E-state index in [0.29, 0.717) is 46.4 Å². The largest absolute Gasteiger partial charge is 0.339 e. The van der Waals surface area contributed by atoms with E-state index in [-0.39, 0.29) is 5.91 Å². The number of rotatable bonds is 4. The summed E-state index contributed by atoms with van der Waals surface area (Å²) in [5.74, 6) is -0.00626. The van der Waals surface area contributed by atoms with Crippen molar-refractivity contribution >= 4 is 40.7 Å². The van der Waals surface area contributed by atoms with Crippen LogP contribution in [-0.4, -0.2) is 51.9 Å². The minimum atomic E-state index is -0.00626. The molecule has 0 N–H and O–H groups in total. The zero-order chi connectivity index (χ0) is 18.7. The number of piperidine rings is 1. The number of amides is 1. The van der Waals surface area contributed by atoms with Gasteiger partial charge in [0.25, 0.3) is 5.91 Å². The number of hydrogen-bond donors (Lipinski definition) is 0. The highest BCUT2D eigenvalue weighted by Crippen LogP contribution is 2.24. The summed E-state index contributed by atoms with van der Waals surface area (Å²) >= 11 is 17.7. The van der Waals surface area contributed by atoms with Gasteiger partial charge in [-0.15, -0.1) is 0 Å². The predicted molar refractivity (Wildman–Crippen MR) is 104 cm³/mol. The standard InChI is InChI=1S/C18H19Cl3N4O/c1-24(11-13-9-23-17(21)10-22-13)14-4-6-25(7-5-14)18(26)12-2-3-15(19)16(20)8-12/h2-3,8-10,14H,4-7,11H2,1H3. The summed E-state index contributed by atoms with van der Waals surface area (Å²) in [6, 6.07) is 5.40. The first kappa shape index (κ1) is 19.4. The number of likely N-dealkylation sites (tertiary alicyclic amines) is 1. The Morgan fingerprint density at radius 1 is 1.15 bits per heavy atom. The van der Waals surface area contributed by atoms with Crippen LogP contribution >= 0.6 is 34.8 Å². The van der Waals surface area contributed by atoms with E-state index in [1.54, 1.807) is 30.6 Å². The number of aromatic nitrogens is 2. The monoisotopic (exact) mass is 412 g/mol. The number of halogens is 3. The predicted octanol–water partition coefficient (Wildman–Crippen LogP) is 4.17. The van der Waals surface area contributed by atoms with Crippen molar-refractivity contribution in [2.24, 2.45) is 0 Å². The topological polar surface area (TPSA) is 49.3 Å². The highest BCUT2D eigenvalue weighted by molar-refractivity contribution is 6.42. The lowest BCUT2D eigenvalue weighted by Gasteiger charge is -2.36. The molecule has 26 heavy (non-hydrogen) atoms. The van der Waals surface area contributed by atoms with Crippen molar-refractivity contribution in [3.8, 4) is 0 Å². The summed E-state index contributed by atoms with van der Waals surface area (Å²) in [4.78, 5) is 25.1. The lowest BCUT2D eigenvalue weighted by atomic mass is 10.0. The molecule has 138 valence electrons. The van der Waals surface area contributed by atoms with Crippen LogP contribution in [0, 0.1) is 0 Å². The Labute approximate surface area is 167 Å². The molecule has 0 bridgehead atoms. The lowest BCUT2D eigenvalue weighted by molar-refractivity contribution is 0.0638. The van der Waals surface area contributed by atoms with Crippen LogP contribution in [0.5, 0.6) is 0 Å². The van der Waals surface area contributed by atoms with Crippen LogP contribution in [0.1, 0.15) is 28.9 Å². The van der Waals surface area contributed by atoms with Crippen molar-refractivity contribution in [3.05, 3.63) is 57.0 Å². The number of carbonyl (C=O) groups is 1. The summed E-state index contributed by atoms with van der Waals surface area (Å²) in [5, 5.41) is 1.25. The van der Waals surface area contributed by atoms with Crippen LogP contribution in [0.4, 0.5) is 0 Å². The van der Waals surface area contributed by atoms with Gasteiger partial charge in [0, 0.05) is 31.2 Å². The van der Waals surface area contributed by atoms with Crippen molar-refractivity contribution in [2.45, 2.75) is 25.4 Å². The molecular formula is C18H19Cl3N4O. The Morgan fingerprint density at radius 3 is 2.50 bits per heavy atom. The van der Waals surface area contributed by atoms with Crippen LogP contribution in [0.25, 0.3) is 0 Å². The highest BCUT2D eigenvalue weighted by atomic mass is 35.5. The first-order chi connectivity index (χ1) is 12.4. The number of benzene rings is 1. The zero-order valence-electron chi connectivity index (χ0n) is 14.3. The quantitative estimate of drug-likeness (QED) is 0.755. The molecule has 8 heteroatoms. The van der Waals surface area contributed by atoms with Gasteiger partial charge in [-0.2, -0.15) is 0 Å². The fourth-order valence-corrected chi connectivity index (χ4v) is 3.52. The maximum Gasteiger partial charge on any atom is 0.253 e. The summed E-state index contributed by atoms with van der Waals surface area (Å²) in [6.45, 7) is 2.12. The zero-order valence-corrected chi connectivity index (χ0v) is 16.6. The molecule has 0 radical (unpaired) electrons. The van der Waals surface area contributed by atoms with E-state index in [4.69, 9.17) is 34.8 Å². The molecule has 0 spiro atoms. The molecule has 1 fully saturated rings. The Hall–Kier alpha value is -1.40. The van der Waals surface area contributed by atoms with Gasteiger partial charge in [-0.3, -0.25) is 14.7 Å². The van der Waals surface area contributed by atoms with Crippen molar-refractivity contribution in [3.63, 3.8) is 0 Å². The molecule has 0 unspecified atom stereocenters. The van der Waals surface area contributed by atoms with E-state index >= 15 is 0 Å². The van der Waals surface area contributed by atoms with Gasteiger partial charge in [-0.25, -0.2) is 4.98 Å². The van der Waals surface area contributed by atoms with Crippen molar-refractivity contribution < 1.29 is 4.79 Å². The third kappa shape index (κ3) is 4.65. The third-order valence-corrected chi connectivity index (χ3v) is 5.56. The van der Waals surface area contributed by atoms with Crippen molar-refractivity contribution in [2.75, 3.05) is 20.1 Å². The molecule has 1 aromatic heterocycles. The number of carbonyl (C=O) groups excluding carboxylic acids is 1. The molecule has 3 rings (SSSR count). The smallest absolute Gasteiger partial charge is 0.253 e. The minimum Gasteiger partial charge on any atom is -0.339 e. The third-order valence-electron chi connectivity index (χ3n) is 4.63. The molecule has 1 aliphatic rings. The van der Waals surface area contributed by atoms with E-state index in [9.17, 15) is 4.79 Å². The fourth-order valence-electron chi connectivity index (χ4n) is 3.13. The molecule has 0 aliphatic carbocycles. The molecular weight excluding hydrogens is 395 g/mol. The maximum absolute atomic E-state index is 12.6. The summed E-state index contributed by atoms with van der Waals surface area (Å²) in [7, 11) is 2.07. The van der Waals surface area contributed by atoms with E-state index in [0.717, 1.165) is 18.5 Å². The molecule has 0 atom stereocenters. The van der Waals surface area contributed by atoms with Crippen LogP contribution in [0.2, 0.25) is 15.2 Å². The van der Waals surface area contributed by atoms with Gasteiger partial charge in [0.2, 0.25) is 0 Å². The second kappa shape index (κ2) is 8.53. The molecule has 0 saturated carbocycles. The van der Waals surface area contributed by atoms with Gasteiger partial charge >= 0.3 is 0 Å². The maximum atomic E-state index is 12.6. The van der Waals surface area contributed by atoms with Gasteiger partial charge in [-0.05, 0) is 38.1 Å². The van der Waals surface area contributed by atoms with Gasteiger partial charge in [0.1, 0.15) is 5.15 Å². The average Bonchev–Trinajstić information content (AvgIpc) is 2.65. The Kier molecular flexibility index (Phi) is 6.35. The normalized spacial score (nSPS) is 15.5. The second-order valence-electron chi connectivity index (χ2n) is 6.40. The molecule has 2 aromatic rings. The van der Waals surface area contributed by atoms with Gasteiger partial charge < -0.3 is 4.90 Å². The lowest BCUT2D eigenvalue weighted by Crippen LogP contribution is -2.45. The fraction of sp³-hybridized carbons (Fsp3) is 0.389. The summed E-state index contributed by atoms with van der Waals surface area (Å²) in [6.07, 6.45) is 5.07. The van der Waals surface area contributed by atoms with E-state index in [1.807, 2.05) is 4.90 Å². The summed E-state index contributed by atoms with van der Waals surface area (Å²) in [5.41, 5.74) is 1.45. The van der Waals surface area contributed by atoms with E-state index < -0.39 is 0 Å². The molecule has 1 aromatic carbocycles. The Balaban J connectivity index is 1.55. The first-order valence-corrected chi connectivity index (χ1v) is 9.48. The first-order valence-electron chi connectivity index (χ1n) is 8.35. The van der Waals surface area contributed by atoms with Gasteiger partial charge in [0.15, 0.2) is 0 Å². The molecule has 1 saturated heterocycles. The number of nitrogens with zero attached hydrogens (tertiary/aromatic N) is 4.